The van der Waals surface area contributed by atoms with Crippen molar-refractivity contribution in [2.24, 2.45) is 5.41 Å². The van der Waals surface area contributed by atoms with Crippen molar-refractivity contribution in [3.05, 3.63) is 23.8 Å². The van der Waals surface area contributed by atoms with E-state index in [1.807, 2.05) is 12.1 Å². The van der Waals surface area contributed by atoms with Gasteiger partial charge in [0.1, 0.15) is 0 Å². The molecule has 0 spiro atoms. The first-order valence-corrected chi connectivity index (χ1v) is 6.67. The minimum atomic E-state index is 0.137. The molecular weight excluding hydrogens is 248 g/mol. The molecule has 0 aliphatic carbocycles. The van der Waals surface area contributed by atoms with Gasteiger partial charge in [0.15, 0.2) is 11.5 Å². The fraction of sp³-hybridized carbons (Fsp3) is 0.600. The summed E-state index contributed by atoms with van der Waals surface area (Å²) >= 11 is 6.38. The summed E-state index contributed by atoms with van der Waals surface area (Å²) in [6.45, 7) is 6.50. The second-order valence-electron chi connectivity index (χ2n) is 5.56. The number of benzene rings is 1. The smallest absolute Gasteiger partial charge is 0.160 e. The first-order chi connectivity index (χ1) is 8.38. The van der Waals surface area contributed by atoms with Crippen molar-refractivity contribution in [1.29, 1.82) is 0 Å². The predicted octanol–water partition coefficient (Wildman–Crippen LogP) is 4.29. The standard InChI is InChI=1S/C15H23ClO2/c1-15(2,3)14(16)9-7-11-6-8-12(17-4)13(10-11)18-5/h6,8,10,14H,7,9H2,1-5H3. The SMILES string of the molecule is COc1ccc(CCC(Cl)C(C)(C)C)cc1OC. The molecule has 0 saturated carbocycles. The van der Waals surface area contributed by atoms with Crippen LogP contribution in [-0.2, 0) is 6.42 Å². The summed E-state index contributed by atoms with van der Waals surface area (Å²) in [5.41, 5.74) is 1.36. The molecule has 18 heavy (non-hydrogen) atoms. The fourth-order valence-corrected chi connectivity index (χ4v) is 1.87. The molecule has 1 aromatic rings. The largest absolute Gasteiger partial charge is 0.493 e. The number of hydrogen-bond donors (Lipinski definition) is 0. The molecule has 0 radical (unpaired) electrons. The minimum Gasteiger partial charge on any atom is -0.493 e. The summed E-state index contributed by atoms with van der Waals surface area (Å²) in [5.74, 6) is 1.54. The van der Waals surface area contributed by atoms with Gasteiger partial charge in [-0.3, -0.25) is 0 Å². The van der Waals surface area contributed by atoms with Gasteiger partial charge in [-0.25, -0.2) is 0 Å². The van der Waals surface area contributed by atoms with Gasteiger partial charge in [-0.2, -0.15) is 0 Å². The summed E-state index contributed by atoms with van der Waals surface area (Å²) < 4.78 is 10.5. The maximum absolute atomic E-state index is 6.38. The number of halogens is 1. The molecule has 1 aromatic carbocycles. The van der Waals surface area contributed by atoms with E-state index in [0.717, 1.165) is 24.3 Å². The molecule has 0 bridgehead atoms. The van der Waals surface area contributed by atoms with Crippen LogP contribution in [0, 0.1) is 5.41 Å². The number of ether oxygens (including phenoxy) is 2. The van der Waals surface area contributed by atoms with Crippen molar-refractivity contribution in [3.8, 4) is 11.5 Å². The first kappa shape index (κ1) is 15.2. The summed E-state index contributed by atoms with van der Waals surface area (Å²) in [6.07, 6.45) is 1.91. The van der Waals surface area contributed by atoms with Crippen LogP contribution in [0.2, 0.25) is 0 Å². The van der Waals surface area contributed by atoms with Gasteiger partial charge in [0.2, 0.25) is 0 Å². The van der Waals surface area contributed by atoms with E-state index >= 15 is 0 Å². The third kappa shape index (κ3) is 4.09. The minimum absolute atomic E-state index is 0.137. The zero-order valence-electron chi connectivity index (χ0n) is 11.9. The molecule has 1 unspecified atom stereocenters. The van der Waals surface area contributed by atoms with Crippen molar-refractivity contribution in [2.45, 2.75) is 39.0 Å². The highest BCUT2D eigenvalue weighted by Crippen LogP contribution is 2.31. The molecule has 0 heterocycles. The number of methoxy groups -OCH3 is 2. The van der Waals surface area contributed by atoms with E-state index in [1.165, 1.54) is 5.56 Å². The molecule has 0 amide bonds. The average Bonchev–Trinajstić information content (AvgIpc) is 2.34. The Balaban J connectivity index is 2.69. The van der Waals surface area contributed by atoms with Gasteiger partial charge in [0.05, 0.1) is 14.2 Å². The molecule has 1 rings (SSSR count). The van der Waals surface area contributed by atoms with Crippen LogP contribution in [0.15, 0.2) is 18.2 Å². The van der Waals surface area contributed by atoms with E-state index in [-0.39, 0.29) is 10.8 Å². The first-order valence-electron chi connectivity index (χ1n) is 6.23. The normalized spacial score (nSPS) is 13.2. The van der Waals surface area contributed by atoms with E-state index in [2.05, 4.69) is 26.8 Å². The second kappa shape index (κ2) is 6.33. The summed E-state index contributed by atoms with van der Waals surface area (Å²) in [4.78, 5) is 0. The van der Waals surface area contributed by atoms with Crippen LogP contribution in [-0.4, -0.2) is 19.6 Å². The van der Waals surface area contributed by atoms with Gasteiger partial charge in [0, 0.05) is 5.38 Å². The van der Waals surface area contributed by atoms with Gasteiger partial charge < -0.3 is 9.47 Å². The Kier molecular flexibility index (Phi) is 5.33. The summed E-state index contributed by atoms with van der Waals surface area (Å²) in [6, 6.07) is 6.02. The Bertz CT molecular complexity index is 383. The lowest BCUT2D eigenvalue weighted by molar-refractivity contribution is 0.353. The molecule has 0 saturated heterocycles. The van der Waals surface area contributed by atoms with Gasteiger partial charge >= 0.3 is 0 Å². The van der Waals surface area contributed by atoms with Crippen LogP contribution in [0.1, 0.15) is 32.8 Å². The summed E-state index contributed by atoms with van der Waals surface area (Å²) in [5, 5.41) is 0.172. The number of rotatable bonds is 5. The van der Waals surface area contributed by atoms with Crippen LogP contribution in [0.5, 0.6) is 11.5 Å². The van der Waals surface area contributed by atoms with Crippen molar-refractivity contribution in [2.75, 3.05) is 14.2 Å². The van der Waals surface area contributed by atoms with Gasteiger partial charge in [-0.1, -0.05) is 26.8 Å². The molecule has 102 valence electrons. The molecule has 0 aromatic heterocycles. The van der Waals surface area contributed by atoms with Crippen LogP contribution in [0.25, 0.3) is 0 Å². The predicted molar refractivity (Wildman–Crippen MR) is 77.0 cm³/mol. The van der Waals surface area contributed by atoms with E-state index < -0.39 is 0 Å². The maximum atomic E-state index is 6.38. The van der Waals surface area contributed by atoms with Crippen molar-refractivity contribution >= 4 is 11.6 Å². The highest BCUT2D eigenvalue weighted by atomic mass is 35.5. The molecule has 0 N–H and O–H groups in total. The molecule has 0 aliphatic rings. The highest BCUT2D eigenvalue weighted by Gasteiger charge is 2.21. The Morgan fingerprint density at radius 3 is 2.22 bits per heavy atom. The van der Waals surface area contributed by atoms with Crippen molar-refractivity contribution in [1.82, 2.24) is 0 Å². The molecule has 0 fully saturated rings. The van der Waals surface area contributed by atoms with Crippen LogP contribution in [0.3, 0.4) is 0 Å². The molecule has 3 heteroatoms. The number of aryl methyl sites for hydroxylation is 1. The Morgan fingerprint density at radius 1 is 1.11 bits per heavy atom. The average molecular weight is 271 g/mol. The second-order valence-corrected chi connectivity index (χ2v) is 6.09. The third-order valence-electron chi connectivity index (χ3n) is 3.07. The lowest BCUT2D eigenvalue weighted by Crippen LogP contribution is -2.21. The van der Waals surface area contributed by atoms with Gasteiger partial charge in [-0.05, 0) is 36.0 Å². The highest BCUT2D eigenvalue weighted by molar-refractivity contribution is 6.21. The van der Waals surface area contributed by atoms with E-state index in [4.69, 9.17) is 21.1 Å². The Hall–Kier alpha value is -0.890. The van der Waals surface area contributed by atoms with Crippen LogP contribution >= 0.6 is 11.6 Å². The monoisotopic (exact) mass is 270 g/mol. The molecule has 2 nitrogen and oxygen atoms in total. The quantitative estimate of drug-likeness (QED) is 0.743. The zero-order valence-corrected chi connectivity index (χ0v) is 12.7. The van der Waals surface area contributed by atoms with Gasteiger partial charge in [0.25, 0.3) is 0 Å². The van der Waals surface area contributed by atoms with Crippen molar-refractivity contribution < 1.29 is 9.47 Å². The van der Waals surface area contributed by atoms with Crippen LogP contribution < -0.4 is 9.47 Å². The zero-order chi connectivity index (χ0) is 13.8. The fourth-order valence-electron chi connectivity index (χ4n) is 1.76. The third-order valence-corrected chi connectivity index (χ3v) is 3.95. The van der Waals surface area contributed by atoms with Crippen molar-refractivity contribution in [3.63, 3.8) is 0 Å². The summed E-state index contributed by atoms with van der Waals surface area (Å²) in [7, 11) is 3.30. The molecular formula is C15H23ClO2. The Morgan fingerprint density at radius 2 is 1.72 bits per heavy atom. The number of alkyl halides is 1. The van der Waals surface area contributed by atoms with E-state index in [1.54, 1.807) is 14.2 Å². The maximum Gasteiger partial charge on any atom is 0.160 e. The van der Waals surface area contributed by atoms with Gasteiger partial charge in [-0.15, -0.1) is 11.6 Å². The molecule has 1 atom stereocenters. The Labute approximate surface area is 115 Å². The van der Waals surface area contributed by atoms with E-state index in [0.29, 0.717) is 0 Å². The lowest BCUT2D eigenvalue weighted by atomic mass is 9.88. The molecule has 0 aliphatic heterocycles. The van der Waals surface area contributed by atoms with Crippen LogP contribution in [0.4, 0.5) is 0 Å². The lowest BCUT2D eigenvalue weighted by Gasteiger charge is -2.25. The topological polar surface area (TPSA) is 18.5 Å². The van der Waals surface area contributed by atoms with E-state index in [9.17, 15) is 0 Å². The number of hydrogen-bond acceptors (Lipinski definition) is 2.